The van der Waals surface area contributed by atoms with Crippen LogP contribution in [0.3, 0.4) is 0 Å². The highest BCUT2D eigenvalue weighted by molar-refractivity contribution is 7.71. The molecule has 14 heavy (non-hydrogen) atoms. The second-order valence-corrected chi connectivity index (χ2v) is 3.60. The molecular formula is C11H11NOS. The zero-order chi connectivity index (χ0) is 10.1. The van der Waals surface area contributed by atoms with Gasteiger partial charge < -0.3 is 4.52 Å². The SMILES string of the molecule is Cc1c(-c2ccccc2)on(C)c1=S. The molecule has 0 atom stereocenters. The van der Waals surface area contributed by atoms with E-state index in [4.69, 9.17) is 16.7 Å². The molecule has 0 spiro atoms. The summed E-state index contributed by atoms with van der Waals surface area (Å²) >= 11 is 5.18. The van der Waals surface area contributed by atoms with Crippen LogP contribution in [0, 0.1) is 11.6 Å². The average molecular weight is 205 g/mol. The Morgan fingerprint density at radius 1 is 1.21 bits per heavy atom. The van der Waals surface area contributed by atoms with Gasteiger partial charge in [-0.05, 0) is 6.92 Å². The van der Waals surface area contributed by atoms with Crippen LogP contribution in [0.1, 0.15) is 5.56 Å². The predicted molar refractivity (Wildman–Crippen MR) is 58.7 cm³/mol. The minimum atomic E-state index is 0.754. The van der Waals surface area contributed by atoms with Crippen LogP contribution in [0.4, 0.5) is 0 Å². The Kier molecular flexibility index (Phi) is 2.25. The molecule has 0 radical (unpaired) electrons. The molecule has 1 heterocycles. The maximum Gasteiger partial charge on any atom is 0.168 e. The van der Waals surface area contributed by atoms with Gasteiger partial charge in [0.2, 0.25) is 0 Å². The first kappa shape index (κ1) is 9.21. The van der Waals surface area contributed by atoms with E-state index < -0.39 is 0 Å². The van der Waals surface area contributed by atoms with Gasteiger partial charge in [0.1, 0.15) is 4.64 Å². The Balaban J connectivity index is 2.64. The molecule has 0 saturated heterocycles. The highest BCUT2D eigenvalue weighted by Crippen LogP contribution is 2.24. The summed E-state index contributed by atoms with van der Waals surface area (Å²) in [6.45, 7) is 1.98. The smallest absolute Gasteiger partial charge is 0.168 e. The number of aromatic nitrogens is 1. The van der Waals surface area contributed by atoms with Crippen LogP contribution in [0.25, 0.3) is 11.3 Å². The van der Waals surface area contributed by atoms with Gasteiger partial charge in [-0.3, -0.25) is 0 Å². The van der Waals surface area contributed by atoms with Crippen molar-refractivity contribution in [2.24, 2.45) is 7.05 Å². The first-order chi connectivity index (χ1) is 6.70. The van der Waals surface area contributed by atoms with E-state index in [1.165, 1.54) is 0 Å². The van der Waals surface area contributed by atoms with Crippen molar-refractivity contribution in [1.29, 1.82) is 0 Å². The zero-order valence-corrected chi connectivity index (χ0v) is 8.97. The van der Waals surface area contributed by atoms with Crippen LogP contribution in [0.5, 0.6) is 0 Å². The largest absolute Gasteiger partial charge is 0.378 e. The summed E-state index contributed by atoms with van der Waals surface area (Å²) in [5.41, 5.74) is 2.09. The van der Waals surface area contributed by atoms with Crippen molar-refractivity contribution in [3.8, 4) is 11.3 Å². The second-order valence-electron chi connectivity index (χ2n) is 3.21. The minimum Gasteiger partial charge on any atom is -0.378 e. The highest BCUT2D eigenvalue weighted by Gasteiger charge is 2.09. The molecule has 0 amide bonds. The molecule has 0 aliphatic rings. The summed E-state index contributed by atoms with van der Waals surface area (Å²) in [6, 6.07) is 9.98. The third-order valence-electron chi connectivity index (χ3n) is 2.21. The standard InChI is InChI=1S/C11H11NOS/c1-8-10(13-12(2)11(8)14)9-6-4-3-5-7-9/h3-7H,1-2H3. The predicted octanol–water partition coefficient (Wildman–Crippen LogP) is 3.32. The number of hydrogen-bond acceptors (Lipinski definition) is 2. The summed E-state index contributed by atoms with van der Waals surface area (Å²) in [5, 5.41) is 0. The van der Waals surface area contributed by atoms with E-state index in [1.54, 1.807) is 4.74 Å². The van der Waals surface area contributed by atoms with Crippen molar-refractivity contribution in [2.75, 3.05) is 0 Å². The second kappa shape index (κ2) is 3.42. The maximum atomic E-state index is 5.54. The lowest BCUT2D eigenvalue weighted by Gasteiger charge is -1.95. The molecule has 2 aromatic rings. The van der Waals surface area contributed by atoms with Crippen LogP contribution in [0.2, 0.25) is 0 Å². The number of benzene rings is 1. The van der Waals surface area contributed by atoms with E-state index in [9.17, 15) is 0 Å². The van der Waals surface area contributed by atoms with Crippen molar-refractivity contribution in [3.63, 3.8) is 0 Å². The monoisotopic (exact) mass is 205 g/mol. The zero-order valence-electron chi connectivity index (χ0n) is 8.15. The van der Waals surface area contributed by atoms with Crippen molar-refractivity contribution in [3.05, 3.63) is 40.5 Å². The fourth-order valence-electron chi connectivity index (χ4n) is 1.44. The Labute approximate surface area is 87.8 Å². The highest BCUT2D eigenvalue weighted by atomic mass is 32.1. The Morgan fingerprint density at radius 2 is 1.86 bits per heavy atom. The fraction of sp³-hybridized carbons (Fsp3) is 0.182. The molecular weight excluding hydrogens is 194 g/mol. The molecule has 0 N–H and O–H groups in total. The van der Waals surface area contributed by atoms with Crippen LogP contribution in [-0.4, -0.2) is 4.74 Å². The van der Waals surface area contributed by atoms with Gasteiger partial charge >= 0.3 is 0 Å². The summed E-state index contributed by atoms with van der Waals surface area (Å²) in [6.07, 6.45) is 0. The average Bonchev–Trinajstić information content (AvgIpc) is 2.47. The summed E-state index contributed by atoms with van der Waals surface area (Å²) in [5.74, 6) is 0.859. The molecule has 72 valence electrons. The summed E-state index contributed by atoms with van der Waals surface area (Å²) in [4.78, 5) is 0. The van der Waals surface area contributed by atoms with Gasteiger partial charge in [-0.1, -0.05) is 42.5 Å². The van der Waals surface area contributed by atoms with Crippen LogP contribution >= 0.6 is 12.2 Å². The molecule has 0 fully saturated rings. The third kappa shape index (κ3) is 1.40. The Hall–Kier alpha value is -1.35. The lowest BCUT2D eigenvalue weighted by Crippen LogP contribution is -1.81. The van der Waals surface area contributed by atoms with Crippen molar-refractivity contribution >= 4 is 12.2 Å². The quantitative estimate of drug-likeness (QED) is 0.665. The van der Waals surface area contributed by atoms with Gasteiger partial charge in [0, 0.05) is 18.2 Å². The molecule has 3 heteroatoms. The topological polar surface area (TPSA) is 18.1 Å². The third-order valence-corrected chi connectivity index (χ3v) is 2.77. The summed E-state index contributed by atoms with van der Waals surface area (Å²) in [7, 11) is 1.82. The van der Waals surface area contributed by atoms with Gasteiger partial charge in [0.15, 0.2) is 5.76 Å². The molecule has 1 aromatic heterocycles. The first-order valence-corrected chi connectivity index (χ1v) is 4.83. The van der Waals surface area contributed by atoms with E-state index in [2.05, 4.69) is 0 Å². The van der Waals surface area contributed by atoms with E-state index in [-0.39, 0.29) is 0 Å². The van der Waals surface area contributed by atoms with E-state index >= 15 is 0 Å². The molecule has 0 unspecified atom stereocenters. The van der Waals surface area contributed by atoms with Gasteiger partial charge in [0.25, 0.3) is 0 Å². The molecule has 1 aromatic carbocycles. The van der Waals surface area contributed by atoms with E-state index in [0.29, 0.717) is 0 Å². The van der Waals surface area contributed by atoms with Gasteiger partial charge in [-0.25, -0.2) is 4.74 Å². The number of rotatable bonds is 1. The number of aryl methyl sites for hydroxylation is 1. The molecule has 2 nitrogen and oxygen atoms in total. The van der Waals surface area contributed by atoms with Gasteiger partial charge in [0.05, 0.1) is 0 Å². The molecule has 0 saturated carbocycles. The first-order valence-electron chi connectivity index (χ1n) is 4.42. The molecule has 0 aliphatic heterocycles. The number of nitrogens with zero attached hydrogens (tertiary/aromatic N) is 1. The molecule has 0 bridgehead atoms. The lowest BCUT2D eigenvalue weighted by atomic mass is 10.1. The van der Waals surface area contributed by atoms with Crippen LogP contribution in [-0.2, 0) is 7.05 Å². The molecule has 2 rings (SSSR count). The lowest BCUT2D eigenvalue weighted by molar-refractivity contribution is 0.312. The number of hydrogen-bond donors (Lipinski definition) is 0. The molecule has 0 aliphatic carbocycles. The van der Waals surface area contributed by atoms with Crippen molar-refractivity contribution in [2.45, 2.75) is 6.92 Å². The van der Waals surface area contributed by atoms with Crippen molar-refractivity contribution in [1.82, 2.24) is 4.74 Å². The van der Waals surface area contributed by atoms with Gasteiger partial charge in [-0.15, -0.1) is 0 Å². The van der Waals surface area contributed by atoms with E-state index in [1.807, 2.05) is 44.3 Å². The van der Waals surface area contributed by atoms with Crippen molar-refractivity contribution < 1.29 is 4.52 Å². The van der Waals surface area contributed by atoms with Crippen LogP contribution < -0.4 is 0 Å². The Bertz CT molecular complexity index is 496. The van der Waals surface area contributed by atoms with Crippen LogP contribution in [0.15, 0.2) is 34.9 Å². The van der Waals surface area contributed by atoms with Gasteiger partial charge in [-0.2, -0.15) is 0 Å². The normalized spacial score (nSPS) is 10.4. The summed E-state index contributed by atoms with van der Waals surface area (Å²) < 4.78 is 7.92. The minimum absolute atomic E-state index is 0.754. The maximum absolute atomic E-state index is 5.54. The Morgan fingerprint density at radius 3 is 2.36 bits per heavy atom. The van der Waals surface area contributed by atoms with E-state index in [0.717, 1.165) is 21.5 Å². The fourth-order valence-corrected chi connectivity index (χ4v) is 1.57.